The standard InChI is InChI=1S/C5H12O4.4C4H10O/c6-1-5(2-7,3-8)4-9;4*1-4(2)3-5/h6-9H,1-4H2;4*4-5H,3H2,1-2H3. The van der Waals surface area contributed by atoms with E-state index in [2.05, 4.69) is 0 Å². The molecular weight excluding hydrogens is 380 g/mol. The second-order valence-corrected chi connectivity index (χ2v) is 8.44. The number of hydrogen-bond donors (Lipinski definition) is 8. The van der Waals surface area contributed by atoms with Crippen LogP contribution in [0, 0.1) is 29.1 Å². The first kappa shape index (κ1) is 39.2. The summed E-state index contributed by atoms with van der Waals surface area (Å²) in [5.74, 6) is 1.76. The van der Waals surface area contributed by atoms with Crippen LogP contribution in [0.5, 0.6) is 0 Å². The minimum atomic E-state index is -1.11. The van der Waals surface area contributed by atoms with Gasteiger partial charge in [0.05, 0.1) is 31.8 Å². The van der Waals surface area contributed by atoms with E-state index in [0.29, 0.717) is 50.1 Å². The molecular formula is C21H52O8. The topological polar surface area (TPSA) is 162 Å². The van der Waals surface area contributed by atoms with Crippen LogP contribution >= 0.6 is 0 Å². The Hall–Kier alpha value is -0.320. The number of hydrogen-bond acceptors (Lipinski definition) is 8. The molecule has 0 rings (SSSR count). The first-order valence-corrected chi connectivity index (χ1v) is 10.2. The van der Waals surface area contributed by atoms with Crippen molar-refractivity contribution in [2.24, 2.45) is 29.1 Å². The van der Waals surface area contributed by atoms with E-state index in [-0.39, 0.29) is 0 Å². The lowest BCUT2D eigenvalue weighted by Crippen LogP contribution is -2.37. The second-order valence-electron chi connectivity index (χ2n) is 8.44. The number of aliphatic hydroxyl groups is 8. The highest BCUT2D eigenvalue weighted by molar-refractivity contribution is 4.74. The van der Waals surface area contributed by atoms with Gasteiger partial charge in [0.1, 0.15) is 0 Å². The van der Waals surface area contributed by atoms with Crippen LogP contribution in [0.2, 0.25) is 0 Å². The second kappa shape index (κ2) is 29.9. The van der Waals surface area contributed by atoms with Crippen LogP contribution in [0.25, 0.3) is 0 Å². The van der Waals surface area contributed by atoms with Gasteiger partial charge in [0.2, 0.25) is 0 Å². The molecule has 0 aromatic carbocycles. The molecule has 184 valence electrons. The van der Waals surface area contributed by atoms with Gasteiger partial charge in [-0.3, -0.25) is 0 Å². The zero-order valence-electron chi connectivity index (χ0n) is 20.0. The molecule has 29 heavy (non-hydrogen) atoms. The van der Waals surface area contributed by atoms with Crippen molar-refractivity contribution in [3.05, 3.63) is 0 Å². The summed E-state index contributed by atoms with van der Waals surface area (Å²) in [5, 5.41) is 66.6. The molecule has 0 radical (unpaired) electrons. The minimum Gasteiger partial charge on any atom is -0.396 e. The van der Waals surface area contributed by atoms with Gasteiger partial charge in [0.15, 0.2) is 0 Å². The lowest BCUT2D eigenvalue weighted by Gasteiger charge is -2.23. The van der Waals surface area contributed by atoms with Gasteiger partial charge in [-0.25, -0.2) is 0 Å². The molecule has 0 saturated carbocycles. The summed E-state index contributed by atoms with van der Waals surface area (Å²) in [6, 6.07) is 0. The van der Waals surface area contributed by atoms with Gasteiger partial charge in [-0.15, -0.1) is 0 Å². The van der Waals surface area contributed by atoms with Gasteiger partial charge in [0, 0.05) is 26.4 Å². The molecule has 0 fully saturated rings. The van der Waals surface area contributed by atoms with Crippen LogP contribution in [0.4, 0.5) is 0 Å². The molecule has 0 aliphatic heterocycles. The van der Waals surface area contributed by atoms with E-state index in [1.807, 2.05) is 55.4 Å². The van der Waals surface area contributed by atoms with Crippen molar-refractivity contribution in [1.82, 2.24) is 0 Å². The van der Waals surface area contributed by atoms with Gasteiger partial charge in [-0.2, -0.15) is 0 Å². The summed E-state index contributed by atoms with van der Waals surface area (Å²) in [7, 11) is 0. The Morgan fingerprint density at radius 3 is 0.483 bits per heavy atom. The minimum absolute atomic E-state index is 0.306. The number of rotatable bonds is 8. The van der Waals surface area contributed by atoms with E-state index in [9.17, 15) is 0 Å². The summed E-state index contributed by atoms with van der Waals surface area (Å²) in [6.45, 7) is 15.4. The molecule has 0 aliphatic carbocycles. The van der Waals surface area contributed by atoms with Crippen molar-refractivity contribution >= 4 is 0 Å². The maximum Gasteiger partial charge on any atom is 0.0627 e. The van der Waals surface area contributed by atoms with Crippen molar-refractivity contribution < 1.29 is 40.9 Å². The molecule has 8 N–H and O–H groups in total. The van der Waals surface area contributed by atoms with Crippen LogP contribution in [-0.4, -0.2) is 93.7 Å². The van der Waals surface area contributed by atoms with Crippen LogP contribution in [-0.2, 0) is 0 Å². The third-order valence-electron chi connectivity index (χ3n) is 2.80. The van der Waals surface area contributed by atoms with Gasteiger partial charge < -0.3 is 40.9 Å². The Bertz CT molecular complexity index is 206. The molecule has 8 nitrogen and oxygen atoms in total. The highest BCUT2D eigenvalue weighted by atomic mass is 16.3. The highest BCUT2D eigenvalue weighted by Crippen LogP contribution is 2.11. The molecule has 0 atom stereocenters. The van der Waals surface area contributed by atoms with E-state index in [0.717, 1.165) is 0 Å². The van der Waals surface area contributed by atoms with E-state index in [4.69, 9.17) is 40.9 Å². The van der Waals surface area contributed by atoms with E-state index >= 15 is 0 Å². The van der Waals surface area contributed by atoms with E-state index < -0.39 is 31.8 Å². The lowest BCUT2D eigenvalue weighted by atomic mass is 9.93. The Morgan fingerprint density at radius 1 is 0.379 bits per heavy atom. The average Bonchev–Trinajstić information content (AvgIpc) is 2.71. The van der Waals surface area contributed by atoms with Crippen LogP contribution in [0.3, 0.4) is 0 Å². The molecule has 0 saturated heterocycles. The summed E-state index contributed by atoms with van der Waals surface area (Å²) in [5.41, 5.74) is -1.11. The van der Waals surface area contributed by atoms with E-state index in [1.54, 1.807) is 0 Å². The lowest BCUT2D eigenvalue weighted by molar-refractivity contribution is -0.0328. The molecule has 0 aromatic rings. The molecule has 0 amide bonds. The van der Waals surface area contributed by atoms with Gasteiger partial charge in [-0.05, 0) is 23.7 Å². The van der Waals surface area contributed by atoms with Crippen molar-refractivity contribution in [3.8, 4) is 0 Å². The van der Waals surface area contributed by atoms with Crippen LogP contribution < -0.4 is 0 Å². The Labute approximate surface area is 178 Å². The molecule has 0 aromatic heterocycles. The monoisotopic (exact) mass is 432 g/mol. The normalized spacial score (nSPS) is 10.3. The van der Waals surface area contributed by atoms with Crippen molar-refractivity contribution in [2.75, 3.05) is 52.9 Å². The third-order valence-corrected chi connectivity index (χ3v) is 2.80. The summed E-state index contributed by atoms with van der Waals surface area (Å²) >= 11 is 0. The number of aliphatic hydroxyl groups excluding tert-OH is 8. The maximum atomic E-state index is 8.50. The first-order chi connectivity index (χ1) is 13.3. The van der Waals surface area contributed by atoms with Crippen molar-refractivity contribution in [3.63, 3.8) is 0 Å². The molecule has 0 bridgehead atoms. The molecule has 0 spiro atoms. The van der Waals surface area contributed by atoms with Crippen molar-refractivity contribution in [1.29, 1.82) is 0 Å². The third kappa shape index (κ3) is 47.1. The summed E-state index contributed by atoms with van der Waals surface area (Å²) in [4.78, 5) is 0. The molecule has 8 heteroatoms. The zero-order valence-corrected chi connectivity index (χ0v) is 20.0. The largest absolute Gasteiger partial charge is 0.396 e. The van der Waals surface area contributed by atoms with Crippen LogP contribution in [0.15, 0.2) is 0 Å². The molecule has 0 heterocycles. The average molecular weight is 433 g/mol. The summed E-state index contributed by atoms with van der Waals surface area (Å²) in [6.07, 6.45) is 0. The van der Waals surface area contributed by atoms with Crippen LogP contribution in [0.1, 0.15) is 55.4 Å². The molecule has 0 aliphatic rings. The van der Waals surface area contributed by atoms with Gasteiger partial charge in [-0.1, -0.05) is 55.4 Å². The van der Waals surface area contributed by atoms with Gasteiger partial charge in [0.25, 0.3) is 0 Å². The smallest absolute Gasteiger partial charge is 0.0627 e. The predicted molar refractivity (Wildman–Crippen MR) is 118 cm³/mol. The fourth-order valence-corrected chi connectivity index (χ4v) is 0.300. The Kier molecular flexibility index (Phi) is 40.4. The fraction of sp³-hybridized carbons (Fsp3) is 1.00. The zero-order chi connectivity index (χ0) is 24.5. The Morgan fingerprint density at radius 2 is 0.483 bits per heavy atom. The summed E-state index contributed by atoms with van der Waals surface area (Å²) < 4.78 is 0. The fourth-order valence-electron chi connectivity index (χ4n) is 0.300. The Balaban J connectivity index is -0.0000000853. The SMILES string of the molecule is CC(C)CO.CC(C)CO.CC(C)CO.CC(C)CO.OCC(CO)(CO)CO. The molecule has 0 unspecified atom stereocenters. The quantitative estimate of drug-likeness (QED) is 0.275. The van der Waals surface area contributed by atoms with Crippen molar-refractivity contribution in [2.45, 2.75) is 55.4 Å². The first-order valence-electron chi connectivity index (χ1n) is 10.2. The highest BCUT2D eigenvalue weighted by Gasteiger charge is 2.26. The van der Waals surface area contributed by atoms with E-state index in [1.165, 1.54) is 0 Å². The van der Waals surface area contributed by atoms with Gasteiger partial charge >= 0.3 is 0 Å². The predicted octanol–water partition coefficient (Wildman–Crippen LogP) is 0.481. The maximum absolute atomic E-state index is 8.50.